The first-order chi connectivity index (χ1) is 8.83. The Labute approximate surface area is 118 Å². The molecule has 2 rings (SSSR count). The molecule has 3 nitrogen and oxygen atoms in total. The highest BCUT2D eigenvalue weighted by atomic mass is 16.2. The van der Waals surface area contributed by atoms with Crippen LogP contribution in [-0.2, 0) is 4.79 Å². The van der Waals surface area contributed by atoms with Gasteiger partial charge in [0.15, 0.2) is 0 Å². The summed E-state index contributed by atoms with van der Waals surface area (Å²) in [4.78, 5) is 14.6. The Morgan fingerprint density at radius 1 is 1.32 bits per heavy atom. The summed E-state index contributed by atoms with van der Waals surface area (Å²) in [5.41, 5.74) is 0.179. The van der Waals surface area contributed by atoms with Gasteiger partial charge >= 0.3 is 0 Å². The van der Waals surface area contributed by atoms with Crippen LogP contribution in [0, 0.1) is 17.3 Å². The van der Waals surface area contributed by atoms with Gasteiger partial charge in [0.1, 0.15) is 0 Å². The molecule has 1 saturated heterocycles. The standard InChI is InChI=1S/C16H30N2O/c1-11(2)16(4,5)10-18-14(13-8-6-7-9-13)17-12(3)15(18)19/h11-14,17H,6-10H2,1-5H3. The Hall–Kier alpha value is -0.570. The fourth-order valence-electron chi connectivity index (χ4n) is 3.26. The fraction of sp³-hybridized carbons (Fsp3) is 0.938. The lowest BCUT2D eigenvalue weighted by Crippen LogP contribution is -2.47. The molecule has 0 aromatic carbocycles. The normalized spacial score (nSPS) is 29.8. The van der Waals surface area contributed by atoms with Gasteiger partial charge in [-0.25, -0.2) is 0 Å². The monoisotopic (exact) mass is 266 g/mol. The quantitative estimate of drug-likeness (QED) is 0.848. The average Bonchev–Trinajstić information content (AvgIpc) is 2.92. The minimum Gasteiger partial charge on any atom is -0.325 e. The molecule has 1 N–H and O–H groups in total. The Kier molecular flexibility index (Phi) is 4.24. The summed E-state index contributed by atoms with van der Waals surface area (Å²) in [6.45, 7) is 11.9. The molecule has 0 radical (unpaired) electrons. The van der Waals surface area contributed by atoms with Gasteiger partial charge in [-0.15, -0.1) is 0 Å². The van der Waals surface area contributed by atoms with E-state index in [1.54, 1.807) is 0 Å². The summed E-state index contributed by atoms with van der Waals surface area (Å²) in [7, 11) is 0. The molecule has 2 atom stereocenters. The third-order valence-corrected chi connectivity index (χ3v) is 5.40. The highest BCUT2D eigenvalue weighted by Gasteiger charge is 2.43. The van der Waals surface area contributed by atoms with Crippen LogP contribution in [0.15, 0.2) is 0 Å². The predicted octanol–water partition coefficient (Wildman–Crippen LogP) is 3.01. The molecule has 0 bridgehead atoms. The van der Waals surface area contributed by atoms with E-state index in [0.29, 0.717) is 17.7 Å². The first-order valence-corrected chi connectivity index (χ1v) is 7.89. The van der Waals surface area contributed by atoms with Crippen LogP contribution in [0.5, 0.6) is 0 Å². The third-order valence-electron chi connectivity index (χ3n) is 5.40. The lowest BCUT2D eigenvalue weighted by molar-refractivity contribution is -0.132. The highest BCUT2D eigenvalue weighted by Crippen LogP contribution is 2.35. The number of nitrogens with one attached hydrogen (secondary N) is 1. The van der Waals surface area contributed by atoms with Crippen LogP contribution < -0.4 is 5.32 Å². The fourth-order valence-corrected chi connectivity index (χ4v) is 3.26. The summed E-state index contributed by atoms with van der Waals surface area (Å²) in [6.07, 6.45) is 5.48. The molecular formula is C16H30N2O. The molecule has 1 aliphatic carbocycles. The van der Waals surface area contributed by atoms with Gasteiger partial charge in [0, 0.05) is 6.54 Å². The van der Waals surface area contributed by atoms with Gasteiger partial charge in [-0.3, -0.25) is 10.1 Å². The number of hydrogen-bond donors (Lipinski definition) is 1. The van der Waals surface area contributed by atoms with Gasteiger partial charge in [0.2, 0.25) is 5.91 Å². The van der Waals surface area contributed by atoms with Gasteiger partial charge in [-0.1, -0.05) is 40.5 Å². The van der Waals surface area contributed by atoms with Crippen molar-refractivity contribution in [2.24, 2.45) is 17.3 Å². The van der Waals surface area contributed by atoms with E-state index in [0.717, 1.165) is 6.54 Å². The summed E-state index contributed by atoms with van der Waals surface area (Å²) >= 11 is 0. The van der Waals surface area contributed by atoms with Crippen molar-refractivity contribution in [2.75, 3.05) is 6.54 Å². The molecule has 2 fully saturated rings. The average molecular weight is 266 g/mol. The van der Waals surface area contributed by atoms with Gasteiger partial charge in [0.05, 0.1) is 12.2 Å². The molecule has 2 unspecified atom stereocenters. The topological polar surface area (TPSA) is 32.3 Å². The maximum atomic E-state index is 12.4. The van der Waals surface area contributed by atoms with Gasteiger partial charge in [0.25, 0.3) is 0 Å². The molecule has 0 aromatic heterocycles. The molecule has 1 saturated carbocycles. The third kappa shape index (κ3) is 2.96. The van der Waals surface area contributed by atoms with Crippen LogP contribution in [0.3, 0.4) is 0 Å². The maximum Gasteiger partial charge on any atom is 0.240 e. The second kappa shape index (κ2) is 5.43. The van der Waals surface area contributed by atoms with Gasteiger partial charge < -0.3 is 4.90 Å². The minimum atomic E-state index is -0.00596. The second-order valence-electron chi connectivity index (χ2n) is 7.49. The molecule has 19 heavy (non-hydrogen) atoms. The Morgan fingerprint density at radius 2 is 1.89 bits per heavy atom. The number of carbonyl (C=O) groups is 1. The predicted molar refractivity (Wildman–Crippen MR) is 78.7 cm³/mol. The molecule has 0 spiro atoms. The first-order valence-electron chi connectivity index (χ1n) is 7.89. The van der Waals surface area contributed by atoms with E-state index in [4.69, 9.17) is 0 Å². The van der Waals surface area contributed by atoms with Crippen molar-refractivity contribution in [3.8, 4) is 0 Å². The van der Waals surface area contributed by atoms with Crippen LogP contribution >= 0.6 is 0 Å². The van der Waals surface area contributed by atoms with Crippen molar-refractivity contribution in [1.82, 2.24) is 10.2 Å². The van der Waals surface area contributed by atoms with Crippen molar-refractivity contribution in [3.05, 3.63) is 0 Å². The van der Waals surface area contributed by atoms with Crippen LogP contribution in [0.1, 0.15) is 60.3 Å². The number of nitrogens with zero attached hydrogens (tertiary/aromatic N) is 1. The Bertz CT molecular complexity index is 332. The van der Waals surface area contributed by atoms with Crippen LogP contribution in [0.25, 0.3) is 0 Å². The van der Waals surface area contributed by atoms with Crippen molar-refractivity contribution >= 4 is 5.91 Å². The van der Waals surface area contributed by atoms with E-state index in [-0.39, 0.29) is 17.6 Å². The van der Waals surface area contributed by atoms with Crippen molar-refractivity contribution in [2.45, 2.75) is 72.5 Å². The second-order valence-corrected chi connectivity index (χ2v) is 7.49. The van der Waals surface area contributed by atoms with Crippen LogP contribution in [-0.4, -0.2) is 29.6 Å². The van der Waals surface area contributed by atoms with Crippen molar-refractivity contribution in [1.29, 1.82) is 0 Å². The number of hydrogen-bond acceptors (Lipinski definition) is 2. The Balaban J connectivity index is 2.12. The van der Waals surface area contributed by atoms with Gasteiger partial charge in [-0.2, -0.15) is 0 Å². The molecular weight excluding hydrogens is 236 g/mol. The minimum absolute atomic E-state index is 0.00596. The zero-order valence-corrected chi connectivity index (χ0v) is 13.2. The number of rotatable bonds is 4. The largest absolute Gasteiger partial charge is 0.325 e. The van der Waals surface area contributed by atoms with Crippen molar-refractivity contribution < 1.29 is 4.79 Å². The van der Waals surface area contributed by atoms with E-state index in [1.807, 2.05) is 6.92 Å². The van der Waals surface area contributed by atoms with E-state index in [2.05, 4.69) is 37.9 Å². The van der Waals surface area contributed by atoms with Crippen LogP contribution in [0.2, 0.25) is 0 Å². The zero-order chi connectivity index (χ0) is 14.2. The first kappa shape index (κ1) is 14.8. The zero-order valence-electron chi connectivity index (χ0n) is 13.2. The Morgan fingerprint density at radius 3 is 2.42 bits per heavy atom. The SMILES string of the molecule is CC1NC(C2CCCC2)N(CC(C)(C)C(C)C)C1=O. The van der Waals surface area contributed by atoms with Crippen molar-refractivity contribution in [3.63, 3.8) is 0 Å². The van der Waals surface area contributed by atoms with Gasteiger partial charge in [-0.05, 0) is 37.0 Å². The lowest BCUT2D eigenvalue weighted by atomic mass is 9.80. The molecule has 0 aromatic rings. The van der Waals surface area contributed by atoms with E-state index in [1.165, 1.54) is 25.7 Å². The molecule has 1 aliphatic heterocycles. The highest BCUT2D eigenvalue weighted by molar-refractivity contribution is 5.84. The van der Waals surface area contributed by atoms with E-state index < -0.39 is 0 Å². The maximum absolute atomic E-state index is 12.4. The molecule has 1 heterocycles. The molecule has 110 valence electrons. The van der Waals surface area contributed by atoms with E-state index >= 15 is 0 Å². The molecule has 2 aliphatic rings. The lowest BCUT2D eigenvalue weighted by Gasteiger charge is -2.38. The summed E-state index contributed by atoms with van der Waals surface area (Å²) < 4.78 is 0. The van der Waals surface area contributed by atoms with Crippen LogP contribution in [0.4, 0.5) is 0 Å². The number of carbonyl (C=O) groups excluding carboxylic acids is 1. The summed E-state index contributed by atoms with van der Waals surface area (Å²) in [5.74, 6) is 1.54. The molecule has 1 amide bonds. The van der Waals surface area contributed by atoms with E-state index in [9.17, 15) is 4.79 Å². The molecule has 3 heteroatoms. The summed E-state index contributed by atoms with van der Waals surface area (Å²) in [5, 5.41) is 3.53. The smallest absolute Gasteiger partial charge is 0.240 e. The summed E-state index contributed by atoms with van der Waals surface area (Å²) in [6, 6.07) is -0.00596. The number of amides is 1.